The molecule has 1 aliphatic heterocycles. The molecule has 0 aromatic heterocycles. The van der Waals surface area contributed by atoms with E-state index in [0.717, 1.165) is 36.6 Å². The van der Waals surface area contributed by atoms with Crippen LogP contribution in [0.2, 0.25) is 5.02 Å². The number of hydrogen-bond donors (Lipinski definition) is 0. The number of carbonyl (C=O) groups is 2. The lowest BCUT2D eigenvalue weighted by molar-refractivity contribution is -0.122. The fraction of sp³-hybridized carbons (Fsp3) is 0.333. The highest BCUT2D eigenvalue weighted by Crippen LogP contribution is 2.34. The maximum Gasteiger partial charge on any atom is 0.293 e. The van der Waals surface area contributed by atoms with Crippen LogP contribution in [0.5, 0.6) is 5.75 Å². The molecular weight excluding hydrogens is 346 g/mol. The molecule has 0 unspecified atom stereocenters. The molecule has 128 valence electrons. The largest absolute Gasteiger partial charge is 0.488 e. The smallest absolute Gasteiger partial charge is 0.293 e. The number of imide groups is 1. The fourth-order valence-electron chi connectivity index (χ4n) is 2.24. The van der Waals surface area contributed by atoms with E-state index in [1.54, 1.807) is 30.4 Å². The van der Waals surface area contributed by atoms with Gasteiger partial charge in [-0.3, -0.25) is 14.5 Å². The van der Waals surface area contributed by atoms with Crippen molar-refractivity contribution in [1.29, 1.82) is 0 Å². The third kappa shape index (κ3) is 4.65. The number of hydrogen-bond acceptors (Lipinski definition) is 4. The van der Waals surface area contributed by atoms with Gasteiger partial charge in [0.15, 0.2) is 0 Å². The molecule has 0 radical (unpaired) electrons. The Balaban J connectivity index is 2.10. The molecule has 2 amide bonds. The maximum absolute atomic E-state index is 12.4. The summed E-state index contributed by atoms with van der Waals surface area (Å²) in [6.45, 7) is 6.52. The average molecular weight is 366 g/mol. The van der Waals surface area contributed by atoms with Crippen LogP contribution in [0, 0.1) is 0 Å². The van der Waals surface area contributed by atoms with Crippen LogP contribution in [0.15, 0.2) is 35.8 Å². The Hall–Kier alpha value is -1.72. The van der Waals surface area contributed by atoms with Crippen molar-refractivity contribution in [3.8, 4) is 5.75 Å². The van der Waals surface area contributed by atoms with Crippen LogP contribution in [-0.4, -0.2) is 29.2 Å². The van der Waals surface area contributed by atoms with Gasteiger partial charge >= 0.3 is 0 Å². The second-order valence-corrected chi connectivity index (χ2v) is 6.73. The molecule has 1 aliphatic rings. The van der Waals surface area contributed by atoms with Gasteiger partial charge in [0.2, 0.25) is 0 Å². The average Bonchev–Trinajstić information content (AvgIpc) is 2.82. The summed E-state index contributed by atoms with van der Waals surface area (Å²) in [7, 11) is 0. The Morgan fingerprint density at radius 2 is 2.12 bits per heavy atom. The third-order valence-corrected chi connectivity index (χ3v) is 4.67. The fourth-order valence-corrected chi connectivity index (χ4v) is 3.35. The molecule has 1 fully saturated rings. The molecular formula is C18H20ClNO3S. The monoisotopic (exact) mass is 365 g/mol. The second kappa shape index (κ2) is 8.94. The van der Waals surface area contributed by atoms with E-state index in [0.29, 0.717) is 28.8 Å². The van der Waals surface area contributed by atoms with Crippen LogP contribution in [0.4, 0.5) is 4.79 Å². The first-order chi connectivity index (χ1) is 11.6. The molecule has 4 nitrogen and oxygen atoms in total. The SMILES string of the molecule is C=CCOc1ccc(/C=C2\SC(=O)N(CCCCC)C2=O)cc1Cl. The van der Waals surface area contributed by atoms with Crippen LogP contribution >= 0.6 is 23.4 Å². The lowest BCUT2D eigenvalue weighted by Gasteiger charge is -2.11. The highest BCUT2D eigenvalue weighted by molar-refractivity contribution is 8.18. The van der Waals surface area contributed by atoms with Gasteiger partial charge in [-0.2, -0.15) is 0 Å². The molecule has 2 rings (SSSR count). The zero-order valence-electron chi connectivity index (χ0n) is 13.6. The van der Waals surface area contributed by atoms with Crippen LogP contribution in [0.3, 0.4) is 0 Å². The number of unbranched alkanes of at least 4 members (excludes halogenated alkanes) is 2. The van der Waals surface area contributed by atoms with Gasteiger partial charge in [-0.1, -0.05) is 50.1 Å². The van der Waals surface area contributed by atoms with Gasteiger partial charge in [-0.25, -0.2) is 0 Å². The van der Waals surface area contributed by atoms with Crippen molar-refractivity contribution >= 4 is 40.6 Å². The zero-order valence-corrected chi connectivity index (χ0v) is 15.2. The Morgan fingerprint density at radius 3 is 2.79 bits per heavy atom. The first-order valence-corrected chi connectivity index (χ1v) is 9.05. The topological polar surface area (TPSA) is 46.6 Å². The van der Waals surface area contributed by atoms with Gasteiger partial charge in [-0.05, 0) is 42.0 Å². The minimum atomic E-state index is -0.232. The summed E-state index contributed by atoms with van der Waals surface area (Å²) in [6, 6.07) is 5.25. The van der Waals surface area contributed by atoms with Crippen LogP contribution in [-0.2, 0) is 4.79 Å². The second-order valence-electron chi connectivity index (χ2n) is 5.33. The number of amides is 2. The summed E-state index contributed by atoms with van der Waals surface area (Å²) in [6.07, 6.45) is 6.21. The molecule has 0 atom stereocenters. The molecule has 1 heterocycles. The molecule has 0 saturated carbocycles. The molecule has 0 N–H and O–H groups in total. The van der Waals surface area contributed by atoms with Gasteiger partial charge in [0.05, 0.1) is 9.93 Å². The maximum atomic E-state index is 12.4. The molecule has 0 aliphatic carbocycles. The molecule has 1 aromatic rings. The zero-order chi connectivity index (χ0) is 17.5. The summed E-state index contributed by atoms with van der Waals surface area (Å²) in [4.78, 5) is 26.1. The van der Waals surface area contributed by atoms with Crippen LogP contribution in [0.1, 0.15) is 31.7 Å². The van der Waals surface area contributed by atoms with Gasteiger partial charge in [-0.15, -0.1) is 0 Å². The van der Waals surface area contributed by atoms with Crippen molar-refractivity contribution in [2.45, 2.75) is 26.2 Å². The number of benzene rings is 1. The Kier molecular flexibility index (Phi) is 6.94. The predicted molar refractivity (Wildman–Crippen MR) is 99.3 cm³/mol. The Bertz CT molecular complexity index is 672. The number of ether oxygens (including phenoxy) is 1. The van der Waals surface area contributed by atoms with Crippen molar-refractivity contribution < 1.29 is 14.3 Å². The van der Waals surface area contributed by atoms with Crippen LogP contribution in [0.25, 0.3) is 6.08 Å². The normalized spacial score (nSPS) is 16.1. The van der Waals surface area contributed by atoms with Crippen molar-refractivity contribution in [3.63, 3.8) is 0 Å². The van der Waals surface area contributed by atoms with E-state index >= 15 is 0 Å². The Morgan fingerprint density at radius 1 is 1.33 bits per heavy atom. The first kappa shape index (κ1) is 18.6. The number of thioether (sulfide) groups is 1. The van der Waals surface area contributed by atoms with E-state index in [4.69, 9.17) is 16.3 Å². The minimum Gasteiger partial charge on any atom is -0.488 e. The first-order valence-electron chi connectivity index (χ1n) is 7.85. The van der Waals surface area contributed by atoms with Crippen molar-refractivity contribution in [2.24, 2.45) is 0 Å². The number of halogens is 1. The summed E-state index contributed by atoms with van der Waals surface area (Å²) < 4.78 is 5.42. The van der Waals surface area contributed by atoms with Crippen molar-refractivity contribution in [1.82, 2.24) is 4.90 Å². The van der Waals surface area contributed by atoms with E-state index in [-0.39, 0.29) is 11.1 Å². The molecule has 24 heavy (non-hydrogen) atoms. The minimum absolute atomic E-state index is 0.209. The lowest BCUT2D eigenvalue weighted by atomic mass is 10.2. The Labute approximate surface area is 151 Å². The number of carbonyl (C=O) groups excluding carboxylic acids is 2. The summed E-state index contributed by atoms with van der Waals surface area (Å²) >= 11 is 7.14. The quantitative estimate of drug-likeness (QED) is 0.364. The van der Waals surface area contributed by atoms with E-state index in [1.165, 1.54) is 4.90 Å². The predicted octanol–water partition coefficient (Wildman–Crippen LogP) is 5.13. The van der Waals surface area contributed by atoms with Crippen LogP contribution < -0.4 is 4.74 Å². The molecule has 1 saturated heterocycles. The van der Waals surface area contributed by atoms with E-state index < -0.39 is 0 Å². The van der Waals surface area contributed by atoms with Gasteiger partial charge < -0.3 is 4.74 Å². The third-order valence-electron chi connectivity index (χ3n) is 3.47. The highest BCUT2D eigenvalue weighted by Gasteiger charge is 2.34. The van der Waals surface area contributed by atoms with E-state index in [2.05, 4.69) is 13.5 Å². The number of nitrogens with zero attached hydrogens (tertiary/aromatic N) is 1. The summed E-state index contributed by atoms with van der Waals surface area (Å²) in [5, 5.41) is 0.243. The van der Waals surface area contributed by atoms with E-state index in [9.17, 15) is 9.59 Å². The van der Waals surface area contributed by atoms with Crippen molar-refractivity contribution in [2.75, 3.05) is 13.2 Å². The molecule has 1 aromatic carbocycles. The van der Waals surface area contributed by atoms with Gasteiger partial charge in [0.1, 0.15) is 12.4 Å². The van der Waals surface area contributed by atoms with E-state index in [1.807, 2.05) is 0 Å². The van der Waals surface area contributed by atoms with Gasteiger partial charge in [0.25, 0.3) is 11.1 Å². The molecule has 0 bridgehead atoms. The highest BCUT2D eigenvalue weighted by atomic mass is 35.5. The molecule has 0 spiro atoms. The lowest BCUT2D eigenvalue weighted by Crippen LogP contribution is -2.29. The molecule has 6 heteroatoms. The summed E-state index contributed by atoms with van der Waals surface area (Å²) in [5.41, 5.74) is 0.755. The number of rotatable bonds is 8. The van der Waals surface area contributed by atoms with Gasteiger partial charge in [0, 0.05) is 6.54 Å². The standard InChI is InChI=1S/C18H20ClNO3S/c1-3-5-6-9-20-17(21)16(24-18(20)22)12-13-7-8-15(14(19)11-13)23-10-4-2/h4,7-8,11-12H,2-3,5-6,9-10H2,1H3/b16-12-. The summed E-state index contributed by atoms with van der Waals surface area (Å²) in [5.74, 6) is 0.325. The van der Waals surface area contributed by atoms with Crippen molar-refractivity contribution in [3.05, 3.63) is 46.3 Å².